The second-order valence-corrected chi connectivity index (χ2v) is 9.98. The minimum Gasteiger partial charge on any atom is -0.437 e. The molecule has 4 rings (SSSR count). The largest absolute Gasteiger partial charge is 0.437 e. The number of rotatable bonds is 9. The Kier molecular flexibility index (Phi) is 7.26. The van der Waals surface area contributed by atoms with Crippen molar-refractivity contribution < 1.29 is 4.74 Å². The normalized spacial score (nSPS) is 17.3. The molecule has 1 unspecified atom stereocenters. The molecule has 7 nitrogen and oxygen atoms in total. The highest BCUT2D eigenvalue weighted by atomic mass is 32.1. The van der Waals surface area contributed by atoms with Crippen molar-refractivity contribution in [3.63, 3.8) is 0 Å². The van der Waals surface area contributed by atoms with Crippen LogP contribution in [0.3, 0.4) is 0 Å². The predicted molar refractivity (Wildman–Crippen MR) is 141 cm³/mol. The van der Waals surface area contributed by atoms with Crippen molar-refractivity contribution in [1.82, 2.24) is 9.88 Å². The first-order valence-corrected chi connectivity index (χ1v) is 12.5. The second-order valence-electron chi connectivity index (χ2n) is 8.95. The van der Waals surface area contributed by atoms with Crippen molar-refractivity contribution >= 4 is 38.6 Å². The molecule has 1 saturated heterocycles. The third-order valence-electron chi connectivity index (χ3n) is 6.05. The predicted octanol–water partition coefficient (Wildman–Crippen LogP) is 7.10. The average molecular weight is 478 g/mol. The number of allylic oxidation sites excluding steroid dienone is 1. The SMILES string of the molecule is CC/C=N\C(Oc1ccc(Nc2nc3ccccc3s2)cc1)=C(/C)N1CCCC1C(C)(C)N=O. The molecule has 1 atom stereocenters. The van der Waals surface area contributed by atoms with Crippen LogP contribution < -0.4 is 10.1 Å². The number of likely N-dealkylation sites (tertiary alicyclic amines) is 1. The highest BCUT2D eigenvalue weighted by Crippen LogP contribution is 2.34. The molecule has 1 N–H and O–H groups in total. The average Bonchev–Trinajstić information content (AvgIpc) is 3.49. The van der Waals surface area contributed by atoms with Crippen molar-refractivity contribution in [3.05, 3.63) is 65.0 Å². The number of aliphatic imine (C=N–C) groups is 1. The Bertz CT molecular complexity index is 1170. The number of nitroso groups, excluding NO2 is 1. The van der Waals surface area contributed by atoms with Gasteiger partial charge in [0.1, 0.15) is 11.3 Å². The third-order valence-corrected chi connectivity index (χ3v) is 7.00. The summed E-state index contributed by atoms with van der Waals surface area (Å²) in [7, 11) is 0. The lowest BCUT2D eigenvalue weighted by molar-refractivity contribution is 0.216. The van der Waals surface area contributed by atoms with Crippen LogP contribution in [0.1, 0.15) is 47.0 Å². The van der Waals surface area contributed by atoms with Crippen molar-refractivity contribution in [2.24, 2.45) is 10.2 Å². The molecule has 1 aromatic heterocycles. The van der Waals surface area contributed by atoms with Crippen molar-refractivity contribution in [1.29, 1.82) is 0 Å². The molecular formula is C26H31N5O2S. The summed E-state index contributed by atoms with van der Waals surface area (Å²) in [5, 5.41) is 7.61. The maximum atomic E-state index is 11.5. The van der Waals surface area contributed by atoms with Crippen LogP contribution in [0.5, 0.6) is 5.75 Å². The molecule has 178 valence electrons. The van der Waals surface area contributed by atoms with Gasteiger partial charge in [0.05, 0.1) is 22.0 Å². The van der Waals surface area contributed by atoms with Gasteiger partial charge in [-0.3, -0.25) is 0 Å². The van der Waals surface area contributed by atoms with E-state index in [9.17, 15) is 4.91 Å². The maximum absolute atomic E-state index is 11.5. The van der Waals surface area contributed by atoms with Crippen LogP contribution in [-0.4, -0.2) is 34.2 Å². The van der Waals surface area contributed by atoms with Crippen LogP contribution in [-0.2, 0) is 0 Å². The van der Waals surface area contributed by atoms with Gasteiger partial charge < -0.3 is 15.0 Å². The Labute approximate surface area is 204 Å². The zero-order chi connectivity index (χ0) is 24.1. The van der Waals surface area contributed by atoms with Crippen LogP contribution in [0.2, 0.25) is 0 Å². The molecule has 2 heterocycles. The Balaban J connectivity index is 1.52. The number of thiazole rings is 1. The molecule has 0 amide bonds. The van der Waals surface area contributed by atoms with Gasteiger partial charge in [0.2, 0.25) is 5.88 Å². The van der Waals surface area contributed by atoms with Gasteiger partial charge in [-0.2, -0.15) is 4.91 Å². The maximum Gasteiger partial charge on any atom is 0.238 e. The number of hydrogen-bond donors (Lipinski definition) is 1. The molecule has 1 aliphatic rings. The van der Waals surface area contributed by atoms with Crippen LogP contribution in [0.15, 0.2) is 70.3 Å². The van der Waals surface area contributed by atoms with E-state index in [2.05, 4.69) is 31.4 Å². The van der Waals surface area contributed by atoms with Gasteiger partial charge in [0.25, 0.3) is 0 Å². The van der Waals surface area contributed by atoms with Crippen molar-refractivity contribution in [3.8, 4) is 5.75 Å². The van der Waals surface area contributed by atoms with E-state index in [1.807, 2.05) is 76.4 Å². The topological polar surface area (TPSA) is 79.2 Å². The summed E-state index contributed by atoms with van der Waals surface area (Å²) in [6.07, 6.45) is 4.58. The first-order chi connectivity index (χ1) is 16.4. The highest BCUT2D eigenvalue weighted by molar-refractivity contribution is 7.22. The van der Waals surface area contributed by atoms with Gasteiger partial charge in [-0.15, -0.1) is 0 Å². The number of ether oxygens (including phenoxy) is 1. The lowest BCUT2D eigenvalue weighted by atomic mass is 9.93. The van der Waals surface area contributed by atoms with E-state index >= 15 is 0 Å². The zero-order valence-electron chi connectivity index (χ0n) is 20.1. The van der Waals surface area contributed by atoms with E-state index in [1.165, 1.54) is 0 Å². The van der Waals surface area contributed by atoms with Crippen LogP contribution in [0.25, 0.3) is 10.2 Å². The minimum atomic E-state index is -0.675. The minimum absolute atomic E-state index is 0.0285. The Morgan fingerprint density at radius 3 is 2.74 bits per heavy atom. The number of aromatic nitrogens is 1. The zero-order valence-corrected chi connectivity index (χ0v) is 20.9. The summed E-state index contributed by atoms with van der Waals surface area (Å²) in [6.45, 7) is 8.68. The molecule has 3 aromatic rings. The molecule has 0 spiro atoms. The molecule has 0 bridgehead atoms. The summed E-state index contributed by atoms with van der Waals surface area (Å²) in [6, 6.07) is 15.9. The quantitative estimate of drug-likeness (QED) is 0.202. The van der Waals surface area contributed by atoms with Gasteiger partial charge in [-0.25, -0.2) is 9.98 Å². The number of hydrogen-bond acceptors (Lipinski definition) is 8. The van der Waals surface area contributed by atoms with Crippen LogP contribution in [0, 0.1) is 4.91 Å². The first kappa shape index (κ1) is 23.9. The fourth-order valence-corrected chi connectivity index (χ4v) is 5.11. The molecule has 34 heavy (non-hydrogen) atoms. The molecular weight excluding hydrogens is 446 g/mol. The smallest absolute Gasteiger partial charge is 0.238 e. The Morgan fingerprint density at radius 2 is 2.03 bits per heavy atom. The number of nitrogens with zero attached hydrogens (tertiary/aromatic N) is 4. The van der Waals surface area contributed by atoms with E-state index in [0.29, 0.717) is 11.6 Å². The summed E-state index contributed by atoms with van der Waals surface area (Å²) < 4.78 is 7.38. The lowest BCUT2D eigenvalue weighted by Crippen LogP contribution is -2.43. The molecule has 1 fully saturated rings. The number of para-hydroxylation sites is 1. The fourth-order valence-electron chi connectivity index (χ4n) is 4.22. The fraction of sp³-hybridized carbons (Fsp3) is 0.385. The first-order valence-electron chi connectivity index (χ1n) is 11.7. The van der Waals surface area contributed by atoms with E-state index in [0.717, 1.165) is 52.5 Å². The number of benzene rings is 2. The lowest BCUT2D eigenvalue weighted by Gasteiger charge is -2.34. The Hall–Kier alpha value is -3.26. The van der Waals surface area contributed by atoms with Gasteiger partial charge in [0.15, 0.2) is 5.13 Å². The summed E-state index contributed by atoms with van der Waals surface area (Å²) >= 11 is 1.62. The van der Waals surface area contributed by atoms with E-state index < -0.39 is 5.54 Å². The van der Waals surface area contributed by atoms with Crippen molar-refractivity contribution in [2.45, 2.75) is 58.5 Å². The summed E-state index contributed by atoms with van der Waals surface area (Å²) in [4.78, 5) is 22.9. The number of nitrogens with one attached hydrogen (secondary N) is 1. The van der Waals surface area contributed by atoms with Gasteiger partial charge >= 0.3 is 0 Å². The summed E-state index contributed by atoms with van der Waals surface area (Å²) in [5.74, 6) is 1.24. The van der Waals surface area contributed by atoms with Gasteiger partial charge in [0, 0.05) is 18.4 Å². The highest BCUT2D eigenvalue weighted by Gasteiger charge is 2.39. The van der Waals surface area contributed by atoms with Crippen LogP contribution in [0.4, 0.5) is 10.8 Å². The summed E-state index contributed by atoms with van der Waals surface area (Å²) in [5.41, 5.74) is 2.16. The van der Waals surface area contributed by atoms with Crippen LogP contribution >= 0.6 is 11.3 Å². The second kappa shape index (κ2) is 10.3. The molecule has 1 aliphatic heterocycles. The standard InChI is InChI=1S/C26H31N5O2S/c1-5-16-27-24(18(2)31-17-8-11-23(31)26(3,4)30-32)33-20-14-12-19(13-15-20)28-25-29-21-9-6-7-10-22(21)34-25/h6-7,9-10,12-16,23H,5,8,11,17H2,1-4H3,(H,28,29)/b24-18-,27-16-. The van der Waals surface area contributed by atoms with Gasteiger partial charge in [-0.05, 0) is 76.4 Å². The van der Waals surface area contributed by atoms with Crippen molar-refractivity contribution in [2.75, 3.05) is 11.9 Å². The number of fused-ring (bicyclic) bond motifs is 1. The van der Waals surface area contributed by atoms with Gasteiger partial charge in [-0.1, -0.05) is 35.6 Å². The molecule has 0 aliphatic carbocycles. The van der Waals surface area contributed by atoms with E-state index in [1.54, 1.807) is 11.3 Å². The molecule has 2 aromatic carbocycles. The monoisotopic (exact) mass is 477 g/mol. The third kappa shape index (κ3) is 5.28. The number of anilines is 2. The molecule has 0 saturated carbocycles. The van der Waals surface area contributed by atoms with E-state index in [-0.39, 0.29) is 6.04 Å². The molecule has 8 heteroatoms. The molecule has 0 radical (unpaired) electrons. The Morgan fingerprint density at radius 1 is 1.26 bits per heavy atom. The van der Waals surface area contributed by atoms with E-state index in [4.69, 9.17) is 4.74 Å².